The van der Waals surface area contributed by atoms with Crippen LogP contribution in [-0.2, 0) is 15.9 Å². The van der Waals surface area contributed by atoms with Crippen LogP contribution in [0.5, 0.6) is 0 Å². The van der Waals surface area contributed by atoms with Crippen molar-refractivity contribution in [1.82, 2.24) is 9.80 Å². The lowest BCUT2D eigenvalue weighted by Crippen LogP contribution is -2.39. The van der Waals surface area contributed by atoms with E-state index in [1.807, 2.05) is 12.1 Å². The number of aliphatic hydroxyl groups is 2. The monoisotopic (exact) mass is 428 g/mol. The van der Waals surface area contributed by atoms with Crippen molar-refractivity contribution in [2.45, 2.75) is 12.5 Å². The van der Waals surface area contributed by atoms with Gasteiger partial charge in [0.1, 0.15) is 0 Å². The molecule has 0 spiro atoms. The maximum Gasteiger partial charge on any atom is 0.636 e. The van der Waals surface area contributed by atoms with E-state index in [1.54, 1.807) is 7.05 Å². The van der Waals surface area contributed by atoms with Gasteiger partial charge in [-0.2, -0.15) is 0 Å². The molecule has 0 amide bonds. The van der Waals surface area contributed by atoms with Crippen LogP contribution in [-0.4, -0.2) is 47.8 Å². The topological polar surface area (TPSA) is 65.4 Å². The van der Waals surface area contributed by atoms with Gasteiger partial charge in [0.05, 0.1) is 12.4 Å². The number of hydrogen-bond donors (Lipinski definition) is 2. The molecule has 0 bridgehead atoms. The van der Waals surface area contributed by atoms with Gasteiger partial charge in [-0.1, -0.05) is 60.7 Å². The standard InChI is InChI=1S/C25H25BN2O4/c1-27-13-20-12-21(26-31-24(29)15-28(2)16-25(30)32-26)9-10-22(20)23(14-27)19-8-7-17-5-3-4-6-18(17)11-19/h3-12,15-16,23,29-30H,13-14H2,1-2H3/b24-15-,25-16-. The summed E-state index contributed by atoms with van der Waals surface area (Å²) in [6.07, 6.45) is 2.74. The Hall–Kier alpha value is -3.58. The number of fused-ring (bicyclic) bond motifs is 2. The van der Waals surface area contributed by atoms with Crippen LogP contribution in [0.25, 0.3) is 10.8 Å². The van der Waals surface area contributed by atoms with Crippen LogP contribution in [0.15, 0.2) is 85.0 Å². The second-order valence-corrected chi connectivity index (χ2v) is 8.48. The molecule has 2 aliphatic rings. The minimum atomic E-state index is -0.951. The highest BCUT2D eigenvalue weighted by atomic mass is 16.7. The number of benzene rings is 3. The van der Waals surface area contributed by atoms with E-state index in [1.165, 1.54) is 44.8 Å². The van der Waals surface area contributed by atoms with Crippen LogP contribution in [0.3, 0.4) is 0 Å². The summed E-state index contributed by atoms with van der Waals surface area (Å²) in [5.74, 6) is -0.327. The summed E-state index contributed by atoms with van der Waals surface area (Å²) in [4.78, 5) is 3.76. The zero-order chi connectivity index (χ0) is 22.2. The fourth-order valence-corrected chi connectivity index (χ4v) is 4.55. The van der Waals surface area contributed by atoms with E-state index >= 15 is 0 Å². The van der Waals surface area contributed by atoms with Gasteiger partial charge in [-0.3, -0.25) is 0 Å². The molecule has 2 N–H and O–H groups in total. The van der Waals surface area contributed by atoms with Crippen LogP contribution in [0.4, 0.5) is 0 Å². The molecule has 0 saturated carbocycles. The van der Waals surface area contributed by atoms with Gasteiger partial charge in [0.2, 0.25) is 0 Å². The Labute approximate surface area is 187 Å². The van der Waals surface area contributed by atoms with Crippen molar-refractivity contribution in [3.05, 3.63) is 102 Å². The lowest BCUT2D eigenvalue weighted by atomic mass is 9.75. The Morgan fingerprint density at radius 3 is 2.34 bits per heavy atom. The fraction of sp³-hybridized carbons (Fsp3) is 0.200. The Morgan fingerprint density at radius 1 is 0.875 bits per heavy atom. The Kier molecular flexibility index (Phi) is 5.19. The van der Waals surface area contributed by atoms with Crippen LogP contribution in [0.2, 0.25) is 0 Å². The quantitative estimate of drug-likeness (QED) is 0.606. The summed E-state index contributed by atoms with van der Waals surface area (Å²) in [7, 11) is 2.82. The maximum atomic E-state index is 10.1. The molecule has 3 aromatic carbocycles. The molecule has 2 heterocycles. The molecule has 5 rings (SSSR count). The van der Waals surface area contributed by atoms with Crippen LogP contribution < -0.4 is 5.46 Å². The summed E-state index contributed by atoms with van der Waals surface area (Å²) >= 11 is 0. The van der Waals surface area contributed by atoms with Crippen molar-refractivity contribution in [3.8, 4) is 0 Å². The Morgan fingerprint density at radius 2 is 1.59 bits per heavy atom. The third-order valence-electron chi connectivity index (χ3n) is 6.01. The van der Waals surface area contributed by atoms with E-state index in [4.69, 9.17) is 9.31 Å². The maximum absolute atomic E-state index is 10.1. The number of hydrogen-bond acceptors (Lipinski definition) is 6. The van der Waals surface area contributed by atoms with E-state index in [-0.39, 0.29) is 17.8 Å². The van der Waals surface area contributed by atoms with E-state index in [0.29, 0.717) is 0 Å². The van der Waals surface area contributed by atoms with E-state index in [2.05, 4.69) is 60.5 Å². The predicted molar refractivity (Wildman–Crippen MR) is 125 cm³/mol. The van der Waals surface area contributed by atoms with Gasteiger partial charge in [-0.05, 0) is 34.5 Å². The summed E-state index contributed by atoms with van der Waals surface area (Å²) < 4.78 is 11.1. The fourth-order valence-electron chi connectivity index (χ4n) is 4.55. The predicted octanol–water partition coefficient (Wildman–Crippen LogP) is 3.80. The van der Waals surface area contributed by atoms with Gasteiger partial charge in [-0.25, -0.2) is 0 Å². The Balaban J connectivity index is 1.50. The molecule has 3 aromatic rings. The first-order valence-electron chi connectivity index (χ1n) is 10.6. The molecular weight excluding hydrogens is 403 g/mol. The average Bonchev–Trinajstić information content (AvgIpc) is 2.76. The molecule has 162 valence electrons. The molecule has 6 nitrogen and oxygen atoms in total. The van der Waals surface area contributed by atoms with E-state index < -0.39 is 7.12 Å². The van der Waals surface area contributed by atoms with Crippen molar-refractivity contribution >= 4 is 23.4 Å². The summed E-state index contributed by atoms with van der Waals surface area (Å²) in [6.45, 7) is 1.73. The van der Waals surface area contributed by atoms with Gasteiger partial charge < -0.3 is 29.3 Å². The zero-order valence-corrected chi connectivity index (χ0v) is 18.1. The van der Waals surface area contributed by atoms with Gasteiger partial charge in [0.15, 0.2) is 0 Å². The highest BCUT2D eigenvalue weighted by molar-refractivity contribution is 6.61. The van der Waals surface area contributed by atoms with Crippen LogP contribution in [0, 0.1) is 0 Å². The van der Waals surface area contributed by atoms with Crippen molar-refractivity contribution in [2.24, 2.45) is 0 Å². The van der Waals surface area contributed by atoms with Gasteiger partial charge in [0.25, 0.3) is 11.9 Å². The largest absolute Gasteiger partial charge is 0.636 e. The second-order valence-electron chi connectivity index (χ2n) is 8.48. The van der Waals surface area contributed by atoms with Crippen molar-refractivity contribution < 1.29 is 19.5 Å². The number of aliphatic hydroxyl groups excluding tert-OH is 2. The molecule has 0 fully saturated rings. The molecule has 1 unspecified atom stereocenters. The van der Waals surface area contributed by atoms with Crippen LogP contribution in [0.1, 0.15) is 22.6 Å². The lowest BCUT2D eigenvalue weighted by molar-refractivity contribution is 0.124. The van der Waals surface area contributed by atoms with Crippen molar-refractivity contribution in [3.63, 3.8) is 0 Å². The summed E-state index contributed by atoms with van der Waals surface area (Å²) in [5.41, 5.74) is 4.45. The highest BCUT2D eigenvalue weighted by Gasteiger charge is 2.32. The SMILES string of the molecule is CN1/C=C(/O)OB(c2ccc3c(c2)CN(C)CC3c2ccc3ccccc3c2)O/C(O)=C\1. The lowest BCUT2D eigenvalue weighted by Gasteiger charge is -2.33. The highest BCUT2D eigenvalue weighted by Crippen LogP contribution is 2.34. The molecule has 0 saturated heterocycles. The average molecular weight is 428 g/mol. The summed E-state index contributed by atoms with van der Waals surface area (Å²) in [6, 6.07) is 21.2. The number of likely N-dealkylation sites (N-methyl/N-ethyl adjacent to an activating group) is 1. The molecule has 1 atom stereocenters. The van der Waals surface area contributed by atoms with Gasteiger partial charge in [0, 0.05) is 31.5 Å². The van der Waals surface area contributed by atoms with Gasteiger partial charge >= 0.3 is 7.12 Å². The molecule has 2 aliphatic heterocycles. The Bertz CT molecular complexity index is 1200. The summed E-state index contributed by atoms with van der Waals surface area (Å²) in [5, 5.41) is 22.6. The third kappa shape index (κ3) is 3.99. The van der Waals surface area contributed by atoms with Crippen molar-refractivity contribution in [1.29, 1.82) is 0 Å². The minimum Gasteiger partial charge on any atom is -0.494 e. The first-order chi connectivity index (χ1) is 15.5. The van der Waals surface area contributed by atoms with Gasteiger partial charge in [-0.15, -0.1) is 0 Å². The molecule has 0 aromatic heterocycles. The molecule has 32 heavy (non-hydrogen) atoms. The number of rotatable bonds is 2. The second kappa shape index (κ2) is 8.17. The normalized spacial score (nSPS) is 22.5. The van der Waals surface area contributed by atoms with E-state index in [9.17, 15) is 10.2 Å². The smallest absolute Gasteiger partial charge is 0.494 e. The first kappa shape index (κ1) is 20.3. The molecule has 0 radical (unpaired) electrons. The van der Waals surface area contributed by atoms with Crippen LogP contribution >= 0.6 is 0 Å². The minimum absolute atomic E-state index is 0.247. The molecular formula is C25H25BN2O4. The van der Waals surface area contributed by atoms with E-state index in [0.717, 1.165) is 18.6 Å². The van der Waals surface area contributed by atoms with Crippen molar-refractivity contribution in [2.75, 3.05) is 20.6 Å². The molecule has 0 aliphatic carbocycles. The first-order valence-corrected chi connectivity index (χ1v) is 10.6. The zero-order valence-electron chi connectivity index (χ0n) is 18.1. The molecule has 7 heteroatoms. The number of nitrogens with zero attached hydrogens (tertiary/aromatic N) is 2. The third-order valence-corrected chi connectivity index (χ3v) is 6.01.